The highest BCUT2D eigenvalue weighted by molar-refractivity contribution is 7.89. The monoisotopic (exact) mass is 365 g/mol. The number of hydrogen-bond acceptors (Lipinski definition) is 4. The van der Waals surface area contributed by atoms with Crippen LogP contribution in [-0.2, 0) is 25.7 Å². The van der Waals surface area contributed by atoms with Crippen molar-refractivity contribution in [1.82, 2.24) is 4.31 Å². The van der Waals surface area contributed by atoms with Crippen LogP contribution in [0.3, 0.4) is 0 Å². The summed E-state index contributed by atoms with van der Waals surface area (Å²) in [5, 5.41) is 0. The van der Waals surface area contributed by atoms with Crippen molar-refractivity contribution in [3.63, 3.8) is 0 Å². The van der Waals surface area contributed by atoms with Crippen LogP contribution in [0.25, 0.3) is 0 Å². The lowest BCUT2D eigenvalue weighted by atomic mass is 9.98. The Morgan fingerprint density at radius 3 is 2.38 bits per heavy atom. The Morgan fingerprint density at radius 1 is 1.25 bits per heavy atom. The van der Waals surface area contributed by atoms with E-state index in [1.54, 1.807) is 6.92 Å². The second-order valence-corrected chi connectivity index (χ2v) is 7.33. The summed E-state index contributed by atoms with van der Waals surface area (Å²) in [6.45, 7) is 1.87. The first kappa shape index (κ1) is 18.7. The quantitative estimate of drug-likeness (QED) is 0.770. The van der Waals surface area contributed by atoms with Gasteiger partial charge in [0.2, 0.25) is 10.0 Å². The molecule has 1 aromatic rings. The first-order valence-corrected chi connectivity index (χ1v) is 8.95. The van der Waals surface area contributed by atoms with Crippen LogP contribution in [0.15, 0.2) is 29.2 Å². The molecule has 2 rings (SSSR count). The predicted molar refractivity (Wildman–Crippen MR) is 79.6 cm³/mol. The fraction of sp³-hybridized carbons (Fsp3) is 0.533. The molecule has 0 radical (unpaired) electrons. The zero-order valence-electron chi connectivity index (χ0n) is 13.0. The summed E-state index contributed by atoms with van der Waals surface area (Å²) in [4.78, 5) is 10.9. The number of halogens is 3. The lowest BCUT2D eigenvalue weighted by molar-refractivity contribution is -0.149. The van der Waals surface area contributed by atoms with Gasteiger partial charge < -0.3 is 4.74 Å². The molecule has 5 nitrogen and oxygen atoms in total. The first-order valence-electron chi connectivity index (χ1n) is 7.51. The van der Waals surface area contributed by atoms with Crippen molar-refractivity contribution in [2.24, 2.45) is 5.92 Å². The Kier molecular flexibility index (Phi) is 5.54. The van der Waals surface area contributed by atoms with Gasteiger partial charge in [-0.05, 0) is 31.9 Å². The number of hydrogen-bond donors (Lipinski definition) is 0. The zero-order valence-corrected chi connectivity index (χ0v) is 13.9. The molecule has 1 aliphatic heterocycles. The molecule has 0 unspecified atom stereocenters. The number of carbonyl (C=O) groups is 1. The molecule has 1 heterocycles. The largest absolute Gasteiger partial charge is 0.466 e. The molecule has 0 N–H and O–H groups in total. The van der Waals surface area contributed by atoms with Crippen LogP contribution in [0.4, 0.5) is 13.2 Å². The lowest BCUT2D eigenvalue weighted by Crippen LogP contribution is -2.41. The maximum absolute atomic E-state index is 13.1. The number of nitrogens with zero attached hydrogens (tertiary/aromatic N) is 1. The van der Waals surface area contributed by atoms with E-state index in [0.717, 1.165) is 22.5 Å². The highest BCUT2D eigenvalue weighted by atomic mass is 32.2. The maximum atomic E-state index is 13.1. The van der Waals surface area contributed by atoms with Crippen molar-refractivity contribution in [2.45, 2.75) is 30.8 Å². The molecule has 0 aromatic heterocycles. The van der Waals surface area contributed by atoms with E-state index in [1.807, 2.05) is 0 Å². The van der Waals surface area contributed by atoms with Gasteiger partial charge >= 0.3 is 12.1 Å². The number of carbonyl (C=O) groups excluding carboxylic acids is 1. The number of ether oxygens (including phenoxy) is 1. The number of rotatable bonds is 4. The van der Waals surface area contributed by atoms with Gasteiger partial charge in [-0.3, -0.25) is 4.79 Å². The highest BCUT2D eigenvalue weighted by Crippen LogP contribution is 2.36. The van der Waals surface area contributed by atoms with Crippen LogP contribution in [0.2, 0.25) is 0 Å². The molecule has 134 valence electrons. The van der Waals surface area contributed by atoms with Gasteiger partial charge in [0.1, 0.15) is 0 Å². The molecular formula is C15H18F3NO4S. The van der Waals surface area contributed by atoms with Crippen molar-refractivity contribution in [2.75, 3.05) is 19.7 Å². The standard InChI is InChI=1S/C15H18F3NO4S/c1-2-23-14(20)11-7-9-19(10-8-11)24(21,22)13-6-4-3-5-12(13)15(16,17)18/h3-6,11H,2,7-10H2,1H3. The maximum Gasteiger partial charge on any atom is 0.417 e. The summed E-state index contributed by atoms with van der Waals surface area (Å²) >= 11 is 0. The van der Waals surface area contributed by atoms with E-state index in [0.29, 0.717) is 0 Å². The highest BCUT2D eigenvalue weighted by Gasteiger charge is 2.40. The minimum absolute atomic E-state index is 0.0159. The third-order valence-electron chi connectivity index (χ3n) is 3.88. The van der Waals surface area contributed by atoms with Crippen molar-refractivity contribution < 1.29 is 31.1 Å². The number of esters is 1. The van der Waals surface area contributed by atoms with E-state index in [9.17, 15) is 26.4 Å². The summed E-state index contributed by atoms with van der Waals surface area (Å²) in [6, 6.07) is 4.11. The van der Waals surface area contributed by atoms with E-state index in [2.05, 4.69) is 0 Å². The number of piperidine rings is 1. The Balaban J connectivity index is 2.21. The van der Waals surface area contributed by atoms with Crippen molar-refractivity contribution >= 4 is 16.0 Å². The molecular weight excluding hydrogens is 347 g/mol. The SMILES string of the molecule is CCOC(=O)C1CCN(S(=O)(=O)c2ccccc2C(F)(F)F)CC1. The van der Waals surface area contributed by atoms with Gasteiger partial charge in [0.15, 0.2) is 0 Å². The molecule has 24 heavy (non-hydrogen) atoms. The van der Waals surface area contributed by atoms with E-state index >= 15 is 0 Å². The summed E-state index contributed by atoms with van der Waals surface area (Å²) in [5.41, 5.74) is -1.18. The average molecular weight is 365 g/mol. The molecule has 0 spiro atoms. The lowest BCUT2D eigenvalue weighted by Gasteiger charge is -2.30. The minimum atomic E-state index is -4.76. The Hall–Kier alpha value is -1.61. The molecule has 1 aliphatic rings. The molecule has 9 heteroatoms. The Morgan fingerprint density at radius 2 is 1.83 bits per heavy atom. The van der Waals surface area contributed by atoms with Crippen LogP contribution in [0, 0.1) is 5.92 Å². The summed E-state index contributed by atoms with van der Waals surface area (Å²) in [5.74, 6) is -0.820. The van der Waals surface area contributed by atoms with E-state index in [-0.39, 0.29) is 32.5 Å². The van der Waals surface area contributed by atoms with Gasteiger partial charge in [-0.2, -0.15) is 17.5 Å². The van der Waals surface area contributed by atoms with Crippen LogP contribution in [0.1, 0.15) is 25.3 Å². The fourth-order valence-electron chi connectivity index (χ4n) is 2.66. The number of benzene rings is 1. The smallest absolute Gasteiger partial charge is 0.417 e. The third kappa shape index (κ3) is 3.89. The molecule has 0 bridgehead atoms. The molecule has 0 aliphatic carbocycles. The van der Waals surface area contributed by atoms with Gasteiger partial charge in [-0.15, -0.1) is 0 Å². The first-order chi connectivity index (χ1) is 11.2. The molecule has 1 fully saturated rings. The predicted octanol–water partition coefficient (Wildman–Crippen LogP) is 2.67. The van der Waals surface area contributed by atoms with Crippen molar-refractivity contribution in [3.05, 3.63) is 29.8 Å². The third-order valence-corrected chi connectivity index (χ3v) is 5.84. The second-order valence-electron chi connectivity index (χ2n) is 5.42. The average Bonchev–Trinajstić information content (AvgIpc) is 2.54. The summed E-state index contributed by atoms with van der Waals surface area (Å²) < 4.78 is 70.2. The van der Waals surface area contributed by atoms with Crippen LogP contribution in [-0.4, -0.2) is 38.4 Å². The Labute approximate surface area is 138 Å². The zero-order chi connectivity index (χ0) is 18.0. The topological polar surface area (TPSA) is 63.7 Å². The molecule has 0 amide bonds. The van der Waals surface area contributed by atoms with Gasteiger partial charge in [0.25, 0.3) is 0 Å². The van der Waals surface area contributed by atoms with E-state index in [4.69, 9.17) is 4.74 Å². The summed E-state index contributed by atoms with van der Waals surface area (Å²) in [6.07, 6.45) is -4.30. The van der Waals surface area contributed by atoms with Gasteiger partial charge in [-0.25, -0.2) is 8.42 Å². The molecule has 0 atom stereocenters. The van der Waals surface area contributed by atoms with Gasteiger partial charge in [0.05, 0.1) is 23.0 Å². The van der Waals surface area contributed by atoms with E-state index < -0.39 is 38.5 Å². The van der Waals surface area contributed by atoms with E-state index in [1.165, 1.54) is 6.07 Å². The van der Waals surface area contributed by atoms with Crippen LogP contribution in [0.5, 0.6) is 0 Å². The number of sulfonamides is 1. The molecule has 1 saturated heterocycles. The van der Waals surface area contributed by atoms with Crippen LogP contribution < -0.4 is 0 Å². The fourth-order valence-corrected chi connectivity index (χ4v) is 4.34. The minimum Gasteiger partial charge on any atom is -0.466 e. The summed E-state index contributed by atoms with van der Waals surface area (Å²) in [7, 11) is -4.28. The van der Waals surface area contributed by atoms with Gasteiger partial charge in [-0.1, -0.05) is 12.1 Å². The Bertz CT molecular complexity index is 695. The normalized spacial score (nSPS) is 17.7. The van der Waals surface area contributed by atoms with Crippen molar-refractivity contribution in [1.29, 1.82) is 0 Å². The van der Waals surface area contributed by atoms with Gasteiger partial charge in [0, 0.05) is 13.1 Å². The van der Waals surface area contributed by atoms with Crippen LogP contribution >= 0.6 is 0 Å². The van der Waals surface area contributed by atoms with Crippen molar-refractivity contribution in [3.8, 4) is 0 Å². The molecule has 1 aromatic carbocycles. The molecule has 0 saturated carbocycles. The second kappa shape index (κ2) is 7.10. The number of alkyl halides is 3.